The second-order valence-corrected chi connectivity index (χ2v) is 5.49. The fourth-order valence-electron chi connectivity index (χ4n) is 2.69. The summed E-state index contributed by atoms with van der Waals surface area (Å²) in [7, 11) is 0. The number of carbonyl (C=O) groups is 1. The standard InChI is InChI=1S/C17H19N3O2/c1-13-9-10-16(19-18-13)20-11-5-8-15(20)12-22-17(21)14-6-3-2-4-7-14/h2-4,6-7,9-10,15H,5,8,11-12H2,1H3/t15-/m1/s1. The molecule has 0 amide bonds. The van der Waals surface area contributed by atoms with Crippen molar-refractivity contribution in [3.8, 4) is 0 Å². The molecular weight excluding hydrogens is 278 g/mol. The van der Waals surface area contributed by atoms with Crippen LogP contribution in [-0.4, -0.2) is 35.4 Å². The van der Waals surface area contributed by atoms with Crippen molar-refractivity contribution in [2.45, 2.75) is 25.8 Å². The van der Waals surface area contributed by atoms with E-state index in [2.05, 4.69) is 15.1 Å². The van der Waals surface area contributed by atoms with Gasteiger partial charge in [-0.25, -0.2) is 4.79 Å². The molecule has 2 heterocycles. The fraction of sp³-hybridized carbons (Fsp3) is 0.353. The van der Waals surface area contributed by atoms with Crippen LogP contribution in [0.25, 0.3) is 0 Å². The van der Waals surface area contributed by atoms with Crippen molar-refractivity contribution in [3.05, 3.63) is 53.7 Å². The van der Waals surface area contributed by atoms with Gasteiger partial charge in [-0.15, -0.1) is 5.10 Å². The number of benzene rings is 1. The van der Waals surface area contributed by atoms with Crippen molar-refractivity contribution in [2.75, 3.05) is 18.1 Å². The lowest BCUT2D eigenvalue weighted by Crippen LogP contribution is -2.34. The zero-order valence-corrected chi connectivity index (χ0v) is 12.6. The van der Waals surface area contributed by atoms with Gasteiger partial charge in [-0.05, 0) is 44.0 Å². The van der Waals surface area contributed by atoms with Gasteiger partial charge < -0.3 is 9.64 Å². The molecule has 0 saturated carbocycles. The van der Waals surface area contributed by atoms with Crippen LogP contribution in [0, 0.1) is 6.92 Å². The fourth-order valence-corrected chi connectivity index (χ4v) is 2.69. The van der Waals surface area contributed by atoms with Crippen LogP contribution in [0.1, 0.15) is 28.9 Å². The summed E-state index contributed by atoms with van der Waals surface area (Å²) in [5, 5.41) is 8.33. The predicted molar refractivity (Wildman–Crippen MR) is 83.9 cm³/mol. The van der Waals surface area contributed by atoms with Gasteiger partial charge >= 0.3 is 5.97 Å². The Morgan fingerprint density at radius 2 is 2.05 bits per heavy atom. The third-order valence-electron chi connectivity index (χ3n) is 3.87. The average molecular weight is 297 g/mol. The average Bonchev–Trinajstić information content (AvgIpc) is 3.02. The summed E-state index contributed by atoms with van der Waals surface area (Å²) in [6.45, 7) is 3.22. The number of hydrogen-bond acceptors (Lipinski definition) is 5. The molecule has 1 aromatic carbocycles. The second-order valence-electron chi connectivity index (χ2n) is 5.49. The number of hydrogen-bond donors (Lipinski definition) is 0. The molecule has 22 heavy (non-hydrogen) atoms. The van der Waals surface area contributed by atoms with Gasteiger partial charge in [0, 0.05) is 6.54 Å². The summed E-state index contributed by atoms with van der Waals surface area (Å²) in [5.41, 5.74) is 1.48. The third-order valence-corrected chi connectivity index (χ3v) is 3.87. The van der Waals surface area contributed by atoms with Crippen LogP contribution < -0.4 is 4.90 Å². The van der Waals surface area contributed by atoms with Gasteiger partial charge in [0.2, 0.25) is 0 Å². The van der Waals surface area contributed by atoms with Crippen LogP contribution in [0.15, 0.2) is 42.5 Å². The van der Waals surface area contributed by atoms with E-state index in [-0.39, 0.29) is 12.0 Å². The number of ether oxygens (including phenoxy) is 1. The van der Waals surface area contributed by atoms with Crippen molar-refractivity contribution in [1.82, 2.24) is 10.2 Å². The first-order valence-electron chi connectivity index (χ1n) is 7.53. The summed E-state index contributed by atoms with van der Waals surface area (Å²) < 4.78 is 5.46. The van der Waals surface area contributed by atoms with Crippen LogP contribution in [0.3, 0.4) is 0 Å². The van der Waals surface area contributed by atoms with E-state index in [1.54, 1.807) is 12.1 Å². The number of nitrogens with zero attached hydrogens (tertiary/aromatic N) is 3. The van der Waals surface area contributed by atoms with Gasteiger partial charge in [0.25, 0.3) is 0 Å². The van der Waals surface area contributed by atoms with Crippen LogP contribution in [0.4, 0.5) is 5.82 Å². The molecule has 3 rings (SSSR count). The first-order chi connectivity index (χ1) is 10.7. The zero-order valence-electron chi connectivity index (χ0n) is 12.6. The Labute approximate surface area is 129 Å². The van der Waals surface area contributed by atoms with Crippen LogP contribution in [0.2, 0.25) is 0 Å². The van der Waals surface area contributed by atoms with Crippen LogP contribution >= 0.6 is 0 Å². The normalized spacial score (nSPS) is 17.5. The van der Waals surface area contributed by atoms with E-state index >= 15 is 0 Å². The van der Waals surface area contributed by atoms with Crippen molar-refractivity contribution in [1.29, 1.82) is 0 Å². The van der Waals surface area contributed by atoms with Crippen molar-refractivity contribution in [3.63, 3.8) is 0 Å². The lowest BCUT2D eigenvalue weighted by molar-refractivity contribution is 0.0482. The lowest BCUT2D eigenvalue weighted by Gasteiger charge is -2.24. The molecule has 0 unspecified atom stereocenters. The molecule has 1 saturated heterocycles. The highest BCUT2D eigenvalue weighted by atomic mass is 16.5. The van der Waals surface area contributed by atoms with Gasteiger partial charge in [0.1, 0.15) is 6.61 Å². The minimum atomic E-state index is -0.276. The maximum Gasteiger partial charge on any atom is 0.338 e. The number of aromatic nitrogens is 2. The second kappa shape index (κ2) is 6.56. The number of esters is 1. The van der Waals surface area contributed by atoms with Gasteiger partial charge in [-0.3, -0.25) is 0 Å². The smallest absolute Gasteiger partial charge is 0.338 e. The molecule has 0 bridgehead atoms. The highest BCUT2D eigenvalue weighted by Gasteiger charge is 2.27. The Morgan fingerprint density at radius 1 is 1.23 bits per heavy atom. The summed E-state index contributed by atoms with van der Waals surface area (Å²) in [4.78, 5) is 14.2. The molecule has 5 nitrogen and oxygen atoms in total. The van der Waals surface area contributed by atoms with E-state index in [0.717, 1.165) is 30.9 Å². The SMILES string of the molecule is Cc1ccc(N2CCC[C@@H]2COC(=O)c2ccccc2)nn1. The third kappa shape index (κ3) is 3.24. The minimum absolute atomic E-state index is 0.171. The Morgan fingerprint density at radius 3 is 2.77 bits per heavy atom. The molecule has 0 aliphatic carbocycles. The van der Waals surface area contributed by atoms with Gasteiger partial charge in [0.05, 0.1) is 17.3 Å². The largest absolute Gasteiger partial charge is 0.460 e. The van der Waals surface area contributed by atoms with Gasteiger partial charge in [0.15, 0.2) is 5.82 Å². The molecule has 1 atom stereocenters. The molecule has 0 spiro atoms. The van der Waals surface area contributed by atoms with Crippen molar-refractivity contribution < 1.29 is 9.53 Å². The quantitative estimate of drug-likeness (QED) is 0.812. The van der Waals surface area contributed by atoms with E-state index in [4.69, 9.17) is 4.74 Å². The van der Waals surface area contributed by atoms with E-state index < -0.39 is 0 Å². The Balaban J connectivity index is 1.62. The molecule has 5 heteroatoms. The molecular formula is C17H19N3O2. The molecule has 0 radical (unpaired) electrons. The summed E-state index contributed by atoms with van der Waals surface area (Å²) in [6, 6.07) is 13.2. The summed E-state index contributed by atoms with van der Waals surface area (Å²) in [5.74, 6) is 0.575. The topological polar surface area (TPSA) is 55.3 Å². The van der Waals surface area contributed by atoms with E-state index in [1.165, 1.54) is 0 Å². The Hall–Kier alpha value is -2.43. The first kappa shape index (κ1) is 14.5. The molecule has 1 aromatic heterocycles. The summed E-state index contributed by atoms with van der Waals surface area (Å²) >= 11 is 0. The van der Waals surface area contributed by atoms with Crippen molar-refractivity contribution >= 4 is 11.8 Å². The minimum Gasteiger partial charge on any atom is -0.460 e. The highest BCUT2D eigenvalue weighted by Crippen LogP contribution is 2.23. The van der Waals surface area contributed by atoms with Crippen LogP contribution in [0.5, 0.6) is 0 Å². The maximum atomic E-state index is 12.0. The van der Waals surface area contributed by atoms with Gasteiger partial charge in [-0.2, -0.15) is 5.10 Å². The van der Waals surface area contributed by atoms with Crippen LogP contribution in [-0.2, 0) is 4.74 Å². The first-order valence-corrected chi connectivity index (χ1v) is 7.53. The lowest BCUT2D eigenvalue weighted by atomic mass is 10.2. The van der Waals surface area contributed by atoms with E-state index in [9.17, 15) is 4.79 Å². The number of aryl methyl sites for hydroxylation is 1. The number of carbonyl (C=O) groups excluding carboxylic acids is 1. The predicted octanol–water partition coefficient (Wildman–Crippen LogP) is 2.61. The number of rotatable bonds is 4. The molecule has 114 valence electrons. The van der Waals surface area contributed by atoms with Crippen molar-refractivity contribution in [2.24, 2.45) is 0 Å². The monoisotopic (exact) mass is 297 g/mol. The molecule has 1 aliphatic rings. The maximum absolute atomic E-state index is 12.0. The van der Waals surface area contributed by atoms with Gasteiger partial charge in [-0.1, -0.05) is 18.2 Å². The summed E-state index contributed by atoms with van der Waals surface area (Å²) in [6.07, 6.45) is 2.07. The molecule has 0 N–H and O–H groups in total. The Kier molecular flexibility index (Phi) is 4.32. The Bertz CT molecular complexity index is 628. The molecule has 2 aromatic rings. The van der Waals surface area contributed by atoms with E-state index in [0.29, 0.717) is 12.2 Å². The van der Waals surface area contributed by atoms with E-state index in [1.807, 2.05) is 37.3 Å². The highest BCUT2D eigenvalue weighted by molar-refractivity contribution is 5.89. The zero-order chi connectivity index (χ0) is 15.4. The number of anilines is 1. The molecule has 1 aliphatic heterocycles. The molecule has 1 fully saturated rings.